The molecule has 2 rings (SSSR count). The molecule has 1 aromatic carbocycles. The third-order valence-electron chi connectivity index (χ3n) is 2.56. The Morgan fingerprint density at radius 3 is 2.84 bits per heavy atom. The van der Waals surface area contributed by atoms with Crippen LogP contribution in [0.4, 0.5) is 0 Å². The van der Waals surface area contributed by atoms with Gasteiger partial charge < -0.3 is 4.57 Å². The number of aromatic nitrogens is 3. The largest absolute Gasteiger partial charge is 0.302 e. The third-order valence-corrected chi connectivity index (χ3v) is 4.00. The Hall–Kier alpha value is -1.26. The van der Waals surface area contributed by atoms with Crippen molar-refractivity contribution in [2.45, 2.75) is 25.5 Å². The van der Waals surface area contributed by atoms with Gasteiger partial charge in [-0.15, -0.1) is 10.2 Å². The summed E-state index contributed by atoms with van der Waals surface area (Å²) in [5.74, 6) is 1.71. The van der Waals surface area contributed by atoms with E-state index in [1.165, 1.54) is 0 Å². The molecule has 1 aromatic heterocycles. The topological polar surface area (TPSA) is 30.7 Å². The van der Waals surface area contributed by atoms with Crippen molar-refractivity contribution in [1.82, 2.24) is 14.8 Å². The molecule has 0 N–H and O–H groups in total. The zero-order valence-electron chi connectivity index (χ0n) is 11.1. The summed E-state index contributed by atoms with van der Waals surface area (Å²) < 4.78 is 2.10. The number of nitrogens with zero attached hydrogens (tertiary/aromatic N) is 3. The van der Waals surface area contributed by atoms with E-state index in [0.29, 0.717) is 5.02 Å². The van der Waals surface area contributed by atoms with Crippen LogP contribution in [0.5, 0.6) is 0 Å². The Morgan fingerprint density at radius 2 is 2.21 bits per heavy atom. The van der Waals surface area contributed by atoms with E-state index in [4.69, 9.17) is 11.6 Å². The van der Waals surface area contributed by atoms with Crippen molar-refractivity contribution in [3.05, 3.63) is 41.4 Å². The van der Waals surface area contributed by atoms with E-state index in [1.54, 1.807) is 11.8 Å². The number of benzene rings is 1. The fraction of sp³-hybridized carbons (Fsp3) is 0.286. The normalized spacial score (nSPS) is 10.7. The quantitative estimate of drug-likeness (QED) is 0.609. The van der Waals surface area contributed by atoms with Crippen molar-refractivity contribution >= 4 is 23.4 Å². The van der Waals surface area contributed by atoms with Crippen LogP contribution in [0.3, 0.4) is 0 Å². The van der Waals surface area contributed by atoms with Crippen LogP contribution >= 0.6 is 23.4 Å². The summed E-state index contributed by atoms with van der Waals surface area (Å²) in [5, 5.41) is 10.2. The molecule has 0 aliphatic carbocycles. The molecular formula is C14H16ClN3S. The van der Waals surface area contributed by atoms with Crippen molar-refractivity contribution in [2.24, 2.45) is 0 Å². The molecule has 100 valence electrons. The van der Waals surface area contributed by atoms with Gasteiger partial charge in [0.15, 0.2) is 11.0 Å². The fourth-order valence-corrected chi connectivity index (χ4v) is 2.75. The maximum Gasteiger partial charge on any atom is 0.191 e. The molecular weight excluding hydrogens is 278 g/mol. The average molecular weight is 294 g/mol. The first-order valence-corrected chi connectivity index (χ1v) is 7.44. The van der Waals surface area contributed by atoms with E-state index in [-0.39, 0.29) is 0 Å². The molecule has 19 heavy (non-hydrogen) atoms. The highest BCUT2D eigenvalue weighted by Gasteiger charge is 2.13. The SMILES string of the molecule is C=C(C)CSc1nnc(-c2cccc(Cl)c2)n1CC. The van der Waals surface area contributed by atoms with Crippen LogP contribution in [-0.4, -0.2) is 20.5 Å². The molecule has 0 saturated heterocycles. The lowest BCUT2D eigenvalue weighted by Gasteiger charge is -2.07. The minimum atomic E-state index is 0.708. The average Bonchev–Trinajstić information content (AvgIpc) is 2.79. The van der Waals surface area contributed by atoms with Crippen LogP contribution in [0.2, 0.25) is 5.02 Å². The molecule has 0 saturated carbocycles. The van der Waals surface area contributed by atoms with Crippen LogP contribution in [0.1, 0.15) is 13.8 Å². The van der Waals surface area contributed by atoms with E-state index in [2.05, 4.69) is 28.3 Å². The smallest absolute Gasteiger partial charge is 0.191 e. The lowest BCUT2D eigenvalue weighted by molar-refractivity contribution is 0.687. The van der Waals surface area contributed by atoms with Gasteiger partial charge in [-0.1, -0.05) is 47.6 Å². The van der Waals surface area contributed by atoms with Crippen molar-refractivity contribution in [2.75, 3.05) is 5.75 Å². The second-order valence-corrected chi connectivity index (χ2v) is 5.69. The van der Waals surface area contributed by atoms with Gasteiger partial charge in [-0.3, -0.25) is 0 Å². The van der Waals surface area contributed by atoms with E-state index in [1.807, 2.05) is 31.2 Å². The first-order chi connectivity index (χ1) is 9.11. The molecule has 0 aliphatic rings. The highest BCUT2D eigenvalue weighted by Crippen LogP contribution is 2.26. The number of thioether (sulfide) groups is 1. The first kappa shape index (κ1) is 14.2. The number of hydrogen-bond acceptors (Lipinski definition) is 3. The van der Waals surface area contributed by atoms with Crippen LogP contribution in [0, 0.1) is 0 Å². The van der Waals surface area contributed by atoms with Gasteiger partial charge in [0.1, 0.15) is 0 Å². The lowest BCUT2D eigenvalue weighted by atomic mass is 10.2. The Morgan fingerprint density at radius 1 is 1.42 bits per heavy atom. The summed E-state index contributed by atoms with van der Waals surface area (Å²) in [6, 6.07) is 7.68. The van der Waals surface area contributed by atoms with E-state index < -0.39 is 0 Å². The summed E-state index contributed by atoms with van der Waals surface area (Å²) in [5.41, 5.74) is 2.11. The van der Waals surface area contributed by atoms with Gasteiger partial charge in [-0.2, -0.15) is 0 Å². The molecule has 0 spiro atoms. The minimum absolute atomic E-state index is 0.708. The summed E-state index contributed by atoms with van der Waals surface area (Å²) in [6.45, 7) is 8.83. The maximum absolute atomic E-state index is 6.03. The van der Waals surface area contributed by atoms with Crippen molar-refractivity contribution in [1.29, 1.82) is 0 Å². The highest BCUT2D eigenvalue weighted by molar-refractivity contribution is 7.99. The summed E-state index contributed by atoms with van der Waals surface area (Å²) >= 11 is 7.68. The molecule has 5 heteroatoms. The second-order valence-electron chi connectivity index (χ2n) is 4.31. The fourth-order valence-electron chi connectivity index (χ4n) is 1.71. The second kappa shape index (κ2) is 6.26. The first-order valence-electron chi connectivity index (χ1n) is 6.08. The Bertz CT molecular complexity index is 592. The summed E-state index contributed by atoms with van der Waals surface area (Å²) in [6.07, 6.45) is 0. The van der Waals surface area contributed by atoms with Crippen molar-refractivity contribution < 1.29 is 0 Å². The molecule has 0 bridgehead atoms. The van der Waals surface area contributed by atoms with Crippen LogP contribution in [0.25, 0.3) is 11.4 Å². The van der Waals surface area contributed by atoms with E-state index in [9.17, 15) is 0 Å². The van der Waals surface area contributed by atoms with E-state index >= 15 is 0 Å². The molecule has 0 atom stereocenters. The monoisotopic (exact) mass is 293 g/mol. The van der Waals surface area contributed by atoms with Gasteiger partial charge in [-0.05, 0) is 26.0 Å². The minimum Gasteiger partial charge on any atom is -0.302 e. The van der Waals surface area contributed by atoms with Gasteiger partial charge in [0.05, 0.1) is 0 Å². The van der Waals surface area contributed by atoms with Gasteiger partial charge >= 0.3 is 0 Å². The number of hydrogen-bond donors (Lipinski definition) is 0. The van der Waals surface area contributed by atoms with Crippen LogP contribution < -0.4 is 0 Å². The number of halogens is 1. The molecule has 3 nitrogen and oxygen atoms in total. The van der Waals surface area contributed by atoms with Gasteiger partial charge in [0, 0.05) is 22.9 Å². The van der Waals surface area contributed by atoms with Crippen LogP contribution in [0.15, 0.2) is 41.6 Å². The number of rotatable bonds is 5. The predicted molar refractivity (Wildman–Crippen MR) is 81.7 cm³/mol. The Balaban J connectivity index is 2.34. The standard InChI is InChI=1S/C14H16ClN3S/c1-4-18-13(11-6-5-7-12(15)8-11)16-17-14(18)19-9-10(2)3/h5-8H,2,4,9H2,1,3H3. The van der Waals surface area contributed by atoms with Gasteiger partial charge in [-0.25, -0.2) is 0 Å². The predicted octanol–water partition coefficient (Wildman–Crippen LogP) is 4.29. The summed E-state index contributed by atoms with van der Waals surface area (Å²) in [4.78, 5) is 0. The molecule has 1 heterocycles. The molecule has 0 aliphatic heterocycles. The van der Waals surface area contributed by atoms with Crippen LogP contribution in [-0.2, 0) is 6.54 Å². The Kier molecular flexibility index (Phi) is 4.66. The molecule has 0 radical (unpaired) electrons. The molecule has 0 unspecified atom stereocenters. The molecule has 2 aromatic rings. The maximum atomic E-state index is 6.03. The third kappa shape index (κ3) is 3.39. The lowest BCUT2D eigenvalue weighted by Crippen LogP contribution is -2.00. The van der Waals surface area contributed by atoms with Crippen molar-refractivity contribution in [3.63, 3.8) is 0 Å². The highest BCUT2D eigenvalue weighted by atomic mass is 35.5. The zero-order valence-corrected chi connectivity index (χ0v) is 12.6. The zero-order chi connectivity index (χ0) is 13.8. The summed E-state index contributed by atoms with van der Waals surface area (Å²) in [7, 11) is 0. The van der Waals surface area contributed by atoms with Crippen molar-refractivity contribution in [3.8, 4) is 11.4 Å². The van der Waals surface area contributed by atoms with Gasteiger partial charge in [0.2, 0.25) is 0 Å². The van der Waals surface area contributed by atoms with Gasteiger partial charge in [0.25, 0.3) is 0 Å². The molecule has 0 fully saturated rings. The Labute approximate surface area is 122 Å². The molecule has 0 amide bonds. The van der Waals surface area contributed by atoms with E-state index in [0.717, 1.165) is 34.4 Å².